The molecule has 0 aromatic rings. The van der Waals surface area contributed by atoms with Crippen LogP contribution in [0.15, 0.2) is 0 Å². The highest BCUT2D eigenvalue weighted by Crippen LogP contribution is 2.13. The third kappa shape index (κ3) is 8.55. The summed E-state index contributed by atoms with van der Waals surface area (Å²) in [6.07, 6.45) is 10.7. The maximum absolute atomic E-state index is 10.6. The first kappa shape index (κ1) is 14.0. The van der Waals surface area contributed by atoms with E-state index in [4.69, 9.17) is 11.6 Å². The first-order valence-electron chi connectivity index (χ1n) is 5.86. The van der Waals surface area contributed by atoms with E-state index in [1.807, 2.05) is 0 Å². The zero-order valence-corrected chi connectivity index (χ0v) is 10.1. The molecule has 0 bridgehead atoms. The molecular formula is C12H23ClO. The average Bonchev–Trinajstić information content (AvgIpc) is 2.21. The number of halogens is 1. The third-order valence-corrected chi connectivity index (χ3v) is 2.82. The van der Waals surface area contributed by atoms with Gasteiger partial charge in [0.15, 0.2) is 0 Å². The standard InChI is InChI=1S/C12H23ClO/c1-2-3-4-5-6-7-8-12(11-14)9-10-13/h11-12H,2-10H2,1H3. The van der Waals surface area contributed by atoms with Crippen molar-refractivity contribution >= 4 is 17.9 Å². The van der Waals surface area contributed by atoms with E-state index in [9.17, 15) is 4.79 Å². The Labute approximate surface area is 93.2 Å². The summed E-state index contributed by atoms with van der Waals surface area (Å²) in [6.45, 7) is 2.23. The zero-order valence-electron chi connectivity index (χ0n) is 9.30. The molecule has 0 amide bonds. The summed E-state index contributed by atoms with van der Waals surface area (Å²) in [7, 11) is 0. The molecule has 0 aliphatic carbocycles. The molecule has 0 heterocycles. The van der Waals surface area contributed by atoms with Crippen molar-refractivity contribution in [3.05, 3.63) is 0 Å². The summed E-state index contributed by atoms with van der Waals surface area (Å²) in [5.41, 5.74) is 0. The van der Waals surface area contributed by atoms with Gasteiger partial charge in [0.05, 0.1) is 0 Å². The van der Waals surface area contributed by atoms with Crippen LogP contribution >= 0.6 is 11.6 Å². The van der Waals surface area contributed by atoms with E-state index in [2.05, 4.69) is 6.92 Å². The first-order chi connectivity index (χ1) is 6.85. The summed E-state index contributed by atoms with van der Waals surface area (Å²) >= 11 is 5.60. The van der Waals surface area contributed by atoms with Gasteiger partial charge in [0.1, 0.15) is 6.29 Å². The molecule has 0 spiro atoms. The van der Waals surface area contributed by atoms with E-state index >= 15 is 0 Å². The van der Waals surface area contributed by atoms with Crippen LogP contribution in [0, 0.1) is 5.92 Å². The summed E-state index contributed by atoms with van der Waals surface area (Å²) in [5.74, 6) is 0.817. The second-order valence-corrected chi connectivity index (χ2v) is 4.31. The summed E-state index contributed by atoms with van der Waals surface area (Å²) in [4.78, 5) is 10.6. The molecule has 1 nitrogen and oxygen atoms in total. The molecule has 0 aromatic heterocycles. The normalized spacial score (nSPS) is 12.7. The summed E-state index contributed by atoms with van der Waals surface area (Å²) in [6, 6.07) is 0. The topological polar surface area (TPSA) is 17.1 Å². The number of rotatable bonds is 10. The molecule has 0 saturated heterocycles. The number of unbranched alkanes of at least 4 members (excludes halogenated alkanes) is 5. The molecule has 0 saturated carbocycles. The van der Waals surface area contributed by atoms with Crippen LogP contribution in [0.25, 0.3) is 0 Å². The molecular weight excluding hydrogens is 196 g/mol. The molecule has 0 aliphatic rings. The lowest BCUT2D eigenvalue weighted by Gasteiger charge is -2.07. The van der Waals surface area contributed by atoms with Gasteiger partial charge in [-0.2, -0.15) is 0 Å². The average molecular weight is 219 g/mol. The van der Waals surface area contributed by atoms with Gasteiger partial charge in [0.2, 0.25) is 0 Å². The highest BCUT2D eigenvalue weighted by molar-refractivity contribution is 6.17. The van der Waals surface area contributed by atoms with Crippen molar-refractivity contribution in [1.29, 1.82) is 0 Å². The minimum absolute atomic E-state index is 0.207. The van der Waals surface area contributed by atoms with Gasteiger partial charge in [0.25, 0.3) is 0 Å². The maximum Gasteiger partial charge on any atom is 0.123 e. The molecule has 1 atom stereocenters. The molecule has 0 aliphatic heterocycles. The molecule has 0 rings (SSSR count). The minimum atomic E-state index is 0.207. The predicted molar refractivity (Wildman–Crippen MR) is 62.9 cm³/mol. The minimum Gasteiger partial charge on any atom is -0.303 e. The molecule has 2 heteroatoms. The van der Waals surface area contributed by atoms with Gasteiger partial charge in [-0.25, -0.2) is 0 Å². The number of carbonyl (C=O) groups excluding carboxylic acids is 1. The molecule has 84 valence electrons. The van der Waals surface area contributed by atoms with Crippen LogP contribution in [0.2, 0.25) is 0 Å². The SMILES string of the molecule is CCCCCCCCC(C=O)CCCl. The fourth-order valence-electron chi connectivity index (χ4n) is 1.61. The van der Waals surface area contributed by atoms with Gasteiger partial charge in [-0.1, -0.05) is 45.4 Å². The maximum atomic E-state index is 10.6. The monoisotopic (exact) mass is 218 g/mol. The van der Waals surface area contributed by atoms with Crippen molar-refractivity contribution in [1.82, 2.24) is 0 Å². The van der Waals surface area contributed by atoms with Crippen molar-refractivity contribution in [2.75, 3.05) is 5.88 Å². The lowest BCUT2D eigenvalue weighted by atomic mass is 9.99. The van der Waals surface area contributed by atoms with Crippen molar-refractivity contribution in [3.8, 4) is 0 Å². The third-order valence-electron chi connectivity index (χ3n) is 2.60. The Balaban J connectivity index is 3.20. The number of alkyl halides is 1. The van der Waals surface area contributed by atoms with Crippen molar-refractivity contribution < 1.29 is 4.79 Å². The number of carbonyl (C=O) groups is 1. The highest BCUT2D eigenvalue weighted by atomic mass is 35.5. The Morgan fingerprint density at radius 1 is 1.07 bits per heavy atom. The van der Waals surface area contributed by atoms with E-state index in [1.165, 1.54) is 38.5 Å². The smallest absolute Gasteiger partial charge is 0.123 e. The predicted octanol–water partition coefficient (Wildman–Crippen LogP) is 4.18. The van der Waals surface area contributed by atoms with E-state index < -0.39 is 0 Å². The van der Waals surface area contributed by atoms with Crippen LogP contribution in [-0.2, 0) is 4.79 Å². The van der Waals surface area contributed by atoms with Crippen molar-refractivity contribution in [3.63, 3.8) is 0 Å². The second-order valence-electron chi connectivity index (χ2n) is 3.93. The lowest BCUT2D eigenvalue weighted by molar-refractivity contribution is -0.111. The summed E-state index contributed by atoms with van der Waals surface area (Å²) < 4.78 is 0. The summed E-state index contributed by atoms with van der Waals surface area (Å²) in [5, 5.41) is 0. The Hall–Kier alpha value is -0.0400. The van der Waals surface area contributed by atoms with Gasteiger partial charge < -0.3 is 4.79 Å². The van der Waals surface area contributed by atoms with Gasteiger partial charge in [-0.15, -0.1) is 11.6 Å². The highest BCUT2D eigenvalue weighted by Gasteiger charge is 2.05. The van der Waals surface area contributed by atoms with E-state index in [-0.39, 0.29) is 5.92 Å². The van der Waals surface area contributed by atoms with Gasteiger partial charge >= 0.3 is 0 Å². The number of hydrogen-bond donors (Lipinski definition) is 0. The van der Waals surface area contributed by atoms with Crippen LogP contribution in [0.3, 0.4) is 0 Å². The number of hydrogen-bond acceptors (Lipinski definition) is 1. The van der Waals surface area contributed by atoms with Gasteiger partial charge in [0, 0.05) is 11.8 Å². The lowest BCUT2D eigenvalue weighted by Crippen LogP contribution is -2.02. The van der Waals surface area contributed by atoms with Gasteiger partial charge in [-0.3, -0.25) is 0 Å². The number of aldehydes is 1. The molecule has 0 N–H and O–H groups in total. The fraction of sp³-hybridized carbons (Fsp3) is 0.917. The van der Waals surface area contributed by atoms with Crippen LogP contribution < -0.4 is 0 Å². The second kappa shape index (κ2) is 11.0. The largest absolute Gasteiger partial charge is 0.303 e. The van der Waals surface area contributed by atoms with Crippen LogP contribution in [0.1, 0.15) is 58.3 Å². The fourth-order valence-corrected chi connectivity index (χ4v) is 1.89. The van der Waals surface area contributed by atoms with E-state index in [1.54, 1.807) is 0 Å². The van der Waals surface area contributed by atoms with Crippen LogP contribution in [0.5, 0.6) is 0 Å². The van der Waals surface area contributed by atoms with E-state index in [0.29, 0.717) is 5.88 Å². The van der Waals surface area contributed by atoms with Crippen LogP contribution in [0.4, 0.5) is 0 Å². The zero-order chi connectivity index (χ0) is 10.6. The first-order valence-corrected chi connectivity index (χ1v) is 6.39. The molecule has 1 unspecified atom stereocenters. The molecule has 0 radical (unpaired) electrons. The quantitative estimate of drug-likeness (QED) is 0.306. The molecule has 0 aromatic carbocycles. The van der Waals surface area contributed by atoms with E-state index in [0.717, 1.165) is 19.1 Å². The van der Waals surface area contributed by atoms with Crippen LogP contribution in [-0.4, -0.2) is 12.2 Å². The molecule has 0 fully saturated rings. The van der Waals surface area contributed by atoms with Crippen molar-refractivity contribution in [2.24, 2.45) is 5.92 Å². The Morgan fingerprint density at radius 2 is 1.71 bits per heavy atom. The van der Waals surface area contributed by atoms with Gasteiger partial charge in [-0.05, 0) is 12.8 Å². The Morgan fingerprint density at radius 3 is 2.29 bits per heavy atom. The Bertz CT molecular complexity index is 125. The van der Waals surface area contributed by atoms with Crippen molar-refractivity contribution in [2.45, 2.75) is 58.3 Å². The molecule has 14 heavy (non-hydrogen) atoms. The Kier molecular flexibility index (Phi) is 11.0.